The Morgan fingerprint density at radius 3 is 2.71 bits per heavy atom. The van der Waals surface area contributed by atoms with Gasteiger partial charge in [0.25, 0.3) is 5.91 Å². The summed E-state index contributed by atoms with van der Waals surface area (Å²) in [5.74, 6) is 0.421. The molecule has 0 saturated carbocycles. The summed E-state index contributed by atoms with van der Waals surface area (Å²) < 4.78 is 0. The Hall–Kier alpha value is -2.28. The van der Waals surface area contributed by atoms with E-state index < -0.39 is 0 Å². The lowest BCUT2D eigenvalue weighted by Gasteiger charge is -2.31. The second-order valence-electron chi connectivity index (χ2n) is 6.91. The molecule has 1 saturated heterocycles. The van der Waals surface area contributed by atoms with Crippen molar-refractivity contribution in [1.82, 2.24) is 9.80 Å². The van der Waals surface area contributed by atoms with Gasteiger partial charge in [-0.1, -0.05) is 37.3 Å². The van der Waals surface area contributed by atoms with E-state index in [0.29, 0.717) is 12.5 Å². The second-order valence-corrected chi connectivity index (χ2v) is 6.91. The first-order valence-corrected chi connectivity index (χ1v) is 8.72. The Morgan fingerprint density at radius 2 is 2.12 bits per heavy atom. The summed E-state index contributed by atoms with van der Waals surface area (Å²) in [5.41, 5.74) is 1.30. The highest BCUT2D eigenvalue weighted by Gasteiger charge is 2.23. The molecule has 1 aromatic carbocycles. The van der Waals surface area contributed by atoms with Crippen molar-refractivity contribution in [2.75, 3.05) is 13.1 Å². The standard InChI is InChI=1S/C20H27N3O/c1-16(2)23(14-18-9-5-4-6-10-18)20(24)19(12-21)15-22-11-7-8-17(3)13-22/h4-6,9-10,15-17H,7-8,11,13-14H2,1-3H3/b19-15-. The van der Waals surface area contributed by atoms with Crippen molar-refractivity contribution in [1.29, 1.82) is 5.26 Å². The van der Waals surface area contributed by atoms with Gasteiger partial charge in [0.1, 0.15) is 11.6 Å². The molecule has 1 fully saturated rings. The van der Waals surface area contributed by atoms with Crippen LogP contribution in [0.3, 0.4) is 0 Å². The fourth-order valence-corrected chi connectivity index (χ4v) is 3.08. The minimum Gasteiger partial charge on any atom is -0.376 e. The van der Waals surface area contributed by atoms with Crippen LogP contribution in [0.15, 0.2) is 42.1 Å². The van der Waals surface area contributed by atoms with Crippen LogP contribution in [0.5, 0.6) is 0 Å². The zero-order chi connectivity index (χ0) is 17.5. The largest absolute Gasteiger partial charge is 0.376 e. The highest BCUT2D eigenvalue weighted by Crippen LogP contribution is 2.18. The molecular weight excluding hydrogens is 298 g/mol. The predicted octanol–water partition coefficient (Wildman–Crippen LogP) is 3.56. The van der Waals surface area contributed by atoms with Gasteiger partial charge in [0, 0.05) is 31.9 Å². The van der Waals surface area contributed by atoms with Gasteiger partial charge in [0.15, 0.2) is 0 Å². The van der Waals surface area contributed by atoms with Crippen molar-refractivity contribution >= 4 is 5.91 Å². The molecule has 1 aromatic rings. The maximum atomic E-state index is 12.9. The number of benzene rings is 1. The number of carbonyl (C=O) groups is 1. The van der Waals surface area contributed by atoms with E-state index >= 15 is 0 Å². The quantitative estimate of drug-likeness (QED) is 0.614. The maximum Gasteiger partial charge on any atom is 0.266 e. The van der Waals surface area contributed by atoms with Crippen LogP contribution in [0.4, 0.5) is 0 Å². The number of hydrogen-bond acceptors (Lipinski definition) is 3. The molecule has 4 heteroatoms. The maximum absolute atomic E-state index is 12.9. The predicted molar refractivity (Wildman–Crippen MR) is 95.8 cm³/mol. The van der Waals surface area contributed by atoms with Crippen LogP contribution in [0, 0.1) is 17.2 Å². The first-order chi connectivity index (χ1) is 11.5. The Kier molecular flexibility index (Phi) is 6.43. The zero-order valence-electron chi connectivity index (χ0n) is 14.9. The summed E-state index contributed by atoms with van der Waals surface area (Å²) >= 11 is 0. The summed E-state index contributed by atoms with van der Waals surface area (Å²) in [4.78, 5) is 16.8. The average Bonchev–Trinajstić information content (AvgIpc) is 2.57. The minimum absolute atomic E-state index is 0.0368. The Bertz CT molecular complexity index is 616. The number of amides is 1. The Balaban J connectivity index is 2.15. The van der Waals surface area contributed by atoms with E-state index in [-0.39, 0.29) is 17.5 Å². The third kappa shape index (κ3) is 4.86. The van der Waals surface area contributed by atoms with E-state index in [4.69, 9.17) is 0 Å². The van der Waals surface area contributed by atoms with Crippen molar-refractivity contribution < 1.29 is 4.79 Å². The van der Waals surface area contributed by atoms with E-state index in [1.165, 1.54) is 6.42 Å². The summed E-state index contributed by atoms with van der Waals surface area (Å²) in [5, 5.41) is 9.50. The van der Waals surface area contributed by atoms with Gasteiger partial charge < -0.3 is 9.80 Å². The van der Waals surface area contributed by atoms with Gasteiger partial charge in [0.05, 0.1) is 0 Å². The molecule has 0 aromatic heterocycles. The molecule has 1 aliphatic heterocycles. The van der Waals surface area contributed by atoms with Crippen molar-refractivity contribution in [3.05, 3.63) is 47.7 Å². The smallest absolute Gasteiger partial charge is 0.266 e. The molecule has 1 aliphatic rings. The summed E-state index contributed by atoms with van der Waals surface area (Å²) in [6.07, 6.45) is 4.09. The van der Waals surface area contributed by atoms with Crippen LogP contribution in [0.1, 0.15) is 39.2 Å². The number of hydrogen-bond donors (Lipinski definition) is 0. The van der Waals surface area contributed by atoms with E-state index in [1.54, 1.807) is 11.1 Å². The average molecular weight is 325 g/mol. The zero-order valence-corrected chi connectivity index (χ0v) is 14.9. The number of carbonyl (C=O) groups excluding carboxylic acids is 1. The highest BCUT2D eigenvalue weighted by atomic mass is 16.2. The molecule has 1 atom stereocenters. The fourth-order valence-electron chi connectivity index (χ4n) is 3.08. The van der Waals surface area contributed by atoms with Gasteiger partial charge in [-0.05, 0) is 38.2 Å². The molecule has 128 valence electrons. The van der Waals surface area contributed by atoms with Crippen molar-refractivity contribution in [2.24, 2.45) is 5.92 Å². The minimum atomic E-state index is -0.186. The lowest BCUT2D eigenvalue weighted by molar-refractivity contribution is -0.129. The van der Waals surface area contributed by atoms with Gasteiger partial charge in [-0.15, -0.1) is 0 Å². The lowest BCUT2D eigenvalue weighted by atomic mass is 10.0. The molecule has 0 spiro atoms. The molecule has 2 rings (SSSR count). The molecule has 24 heavy (non-hydrogen) atoms. The van der Waals surface area contributed by atoms with E-state index in [9.17, 15) is 10.1 Å². The number of rotatable bonds is 5. The van der Waals surface area contributed by atoms with Crippen molar-refractivity contribution in [3.63, 3.8) is 0 Å². The topological polar surface area (TPSA) is 47.3 Å². The Labute approximate surface area is 145 Å². The van der Waals surface area contributed by atoms with E-state index in [2.05, 4.69) is 17.9 Å². The Morgan fingerprint density at radius 1 is 1.42 bits per heavy atom. The van der Waals surface area contributed by atoms with Crippen LogP contribution >= 0.6 is 0 Å². The van der Waals surface area contributed by atoms with Crippen LogP contribution in [-0.2, 0) is 11.3 Å². The van der Waals surface area contributed by atoms with Crippen molar-refractivity contribution in [3.8, 4) is 6.07 Å². The van der Waals surface area contributed by atoms with Gasteiger partial charge >= 0.3 is 0 Å². The molecule has 1 amide bonds. The normalized spacial score (nSPS) is 18.4. The molecule has 0 N–H and O–H groups in total. The molecule has 0 radical (unpaired) electrons. The molecule has 1 heterocycles. The molecule has 4 nitrogen and oxygen atoms in total. The first kappa shape index (κ1) is 18.1. The summed E-state index contributed by atoms with van der Waals surface area (Å²) in [6, 6.07) is 12.1. The van der Waals surface area contributed by atoms with Gasteiger partial charge in [-0.2, -0.15) is 5.26 Å². The number of nitriles is 1. The van der Waals surface area contributed by atoms with Crippen LogP contribution in [0.2, 0.25) is 0 Å². The summed E-state index contributed by atoms with van der Waals surface area (Å²) in [7, 11) is 0. The monoisotopic (exact) mass is 325 g/mol. The molecular formula is C20H27N3O. The molecule has 1 unspecified atom stereocenters. The van der Waals surface area contributed by atoms with Gasteiger partial charge in [0.2, 0.25) is 0 Å². The highest BCUT2D eigenvalue weighted by molar-refractivity contribution is 5.97. The SMILES string of the molecule is CC1CCCN(/C=C(/C#N)C(=O)N(Cc2ccccc2)C(C)C)C1. The third-order valence-electron chi connectivity index (χ3n) is 4.43. The van der Waals surface area contributed by atoms with Gasteiger partial charge in [-0.25, -0.2) is 0 Å². The fraction of sp³-hybridized carbons (Fsp3) is 0.500. The third-order valence-corrected chi connectivity index (χ3v) is 4.43. The number of piperidine rings is 1. The number of likely N-dealkylation sites (tertiary alicyclic amines) is 1. The first-order valence-electron chi connectivity index (χ1n) is 8.72. The van der Waals surface area contributed by atoms with Crippen molar-refractivity contribution in [2.45, 2.75) is 46.2 Å². The summed E-state index contributed by atoms with van der Waals surface area (Å²) in [6.45, 7) is 8.54. The lowest BCUT2D eigenvalue weighted by Crippen LogP contribution is -2.38. The van der Waals surface area contributed by atoms with Gasteiger partial charge in [-0.3, -0.25) is 4.79 Å². The van der Waals surface area contributed by atoms with E-state index in [1.807, 2.05) is 44.2 Å². The second kappa shape index (κ2) is 8.54. The van der Waals surface area contributed by atoms with Crippen LogP contribution in [-0.4, -0.2) is 34.8 Å². The molecule has 0 aliphatic carbocycles. The molecule has 0 bridgehead atoms. The van der Waals surface area contributed by atoms with E-state index in [0.717, 1.165) is 25.1 Å². The number of nitrogens with zero attached hydrogens (tertiary/aromatic N) is 3. The van der Waals surface area contributed by atoms with Crippen LogP contribution < -0.4 is 0 Å². The van der Waals surface area contributed by atoms with Crippen LogP contribution in [0.25, 0.3) is 0 Å².